The second kappa shape index (κ2) is 3.65. The monoisotopic (exact) mass is 235 g/mol. The number of nitrogens with zero attached hydrogens (tertiary/aromatic N) is 3. The average Bonchev–Trinajstić information content (AvgIpc) is 2.86. The van der Waals surface area contributed by atoms with E-state index in [1.165, 1.54) is 0 Å². The van der Waals surface area contributed by atoms with Gasteiger partial charge in [0.05, 0.1) is 25.8 Å². The van der Waals surface area contributed by atoms with E-state index in [0.717, 1.165) is 30.3 Å². The van der Waals surface area contributed by atoms with Gasteiger partial charge in [-0.2, -0.15) is 0 Å². The maximum Gasteiger partial charge on any atom is 0.132 e. The van der Waals surface area contributed by atoms with Gasteiger partial charge in [-0.05, 0) is 13.8 Å². The number of anilines is 1. The standard InChI is InChI=1S/C12H17N3O2/c1-8-3-11(14-9(2)13-8)15-6-12(7-16)4-10(15)5-17-12/h3,10,16H,4-7H2,1-2H3. The van der Waals surface area contributed by atoms with Gasteiger partial charge in [-0.25, -0.2) is 9.97 Å². The average molecular weight is 235 g/mol. The van der Waals surface area contributed by atoms with Gasteiger partial charge in [0, 0.05) is 18.2 Å². The fraction of sp³-hybridized carbons (Fsp3) is 0.667. The molecule has 92 valence electrons. The molecule has 3 rings (SSSR count). The van der Waals surface area contributed by atoms with E-state index in [2.05, 4.69) is 14.9 Å². The Morgan fingerprint density at radius 2 is 2.35 bits per heavy atom. The van der Waals surface area contributed by atoms with Crippen LogP contribution in [0.4, 0.5) is 5.82 Å². The summed E-state index contributed by atoms with van der Waals surface area (Å²) in [5.41, 5.74) is 0.617. The Labute approximate surface area is 100 Å². The molecule has 2 unspecified atom stereocenters. The predicted molar refractivity (Wildman–Crippen MR) is 63.0 cm³/mol. The first-order valence-electron chi connectivity index (χ1n) is 5.96. The summed E-state index contributed by atoms with van der Waals surface area (Å²) in [5, 5.41) is 9.43. The van der Waals surface area contributed by atoms with Crippen LogP contribution in [-0.4, -0.2) is 46.5 Å². The molecule has 2 aliphatic rings. The van der Waals surface area contributed by atoms with Gasteiger partial charge in [0.1, 0.15) is 17.2 Å². The highest BCUT2D eigenvalue weighted by atomic mass is 16.5. The van der Waals surface area contributed by atoms with Crippen LogP contribution < -0.4 is 4.90 Å². The summed E-state index contributed by atoms with van der Waals surface area (Å²) < 4.78 is 5.67. The number of ether oxygens (including phenoxy) is 1. The van der Waals surface area contributed by atoms with Crippen LogP contribution in [0, 0.1) is 13.8 Å². The highest BCUT2D eigenvalue weighted by Crippen LogP contribution is 2.39. The third-order valence-corrected chi connectivity index (χ3v) is 3.62. The third-order valence-electron chi connectivity index (χ3n) is 3.62. The van der Waals surface area contributed by atoms with Crippen molar-refractivity contribution in [1.29, 1.82) is 0 Å². The number of aliphatic hydroxyl groups excluding tert-OH is 1. The summed E-state index contributed by atoms with van der Waals surface area (Å²) >= 11 is 0. The molecule has 1 aromatic rings. The second-order valence-corrected chi connectivity index (χ2v) is 5.05. The molecule has 5 heteroatoms. The van der Waals surface area contributed by atoms with E-state index in [-0.39, 0.29) is 12.2 Å². The Morgan fingerprint density at radius 3 is 3.00 bits per heavy atom. The summed E-state index contributed by atoms with van der Waals surface area (Å²) in [6.45, 7) is 5.38. The number of hydrogen-bond acceptors (Lipinski definition) is 5. The number of aliphatic hydroxyl groups is 1. The zero-order valence-electron chi connectivity index (χ0n) is 10.2. The lowest BCUT2D eigenvalue weighted by atomic mass is 10.1. The van der Waals surface area contributed by atoms with E-state index in [9.17, 15) is 5.11 Å². The molecule has 17 heavy (non-hydrogen) atoms. The molecule has 1 aromatic heterocycles. The summed E-state index contributed by atoms with van der Waals surface area (Å²) in [6, 6.07) is 2.34. The van der Waals surface area contributed by atoms with Crippen molar-refractivity contribution in [1.82, 2.24) is 9.97 Å². The van der Waals surface area contributed by atoms with E-state index in [1.807, 2.05) is 19.9 Å². The lowest BCUT2D eigenvalue weighted by Gasteiger charge is -2.32. The maximum absolute atomic E-state index is 9.43. The van der Waals surface area contributed by atoms with Gasteiger partial charge in [-0.15, -0.1) is 0 Å². The fourth-order valence-corrected chi connectivity index (χ4v) is 2.84. The minimum Gasteiger partial charge on any atom is -0.393 e. The molecule has 2 aliphatic heterocycles. The lowest BCUT2D eigenvalue weighted by Crippen LogP contribution is -2.45. The molecule has 0 aromatic carbocycles. The SMILES string of the molecule is Cc1cc(N2CC3(CO)CC2CO3)nc(C)n1. The minimum absolute atomic E-state index is 0.0864. The first kappa shape index (κ1) is 10.9. The number of rotatable bonds is 2. The Hall–Kier alpha value is -1.20. The van der Waals surface area contributed by atoms with Crippen LogP contribution in [-0.2, 0) is 4.74 Å². The van der Waals surface area contributed by atoms with Gasteiger partial charge in [-0.1, -0.05) is 0 Å². The van der Waals surface area contributed by atoms with Crippen molar-refractivity contribution in [3.05, 3.63) is 17.6 Å². The van der Waals surface area contributed by atoms with Gasteiger partial charge in [-0.3, -0.25) is 0 Å². The minimum atomic E-state index is -0.364. The molecule has 2 fully saturated rings. The molecule has 2 bridgehead atoms. The molecule has 1 N–H and O–H groups in total. The van der Waals surface area contributed by atoms with Crippen LogP contribution in [0.2, 0.25) is 0 Å². The van der Waals surface area contributed by atoms with Crippen molar-refractivity contribution < 1.29 is 9.84 Å². The van der Waals surface area contributed by atoms with Gasteiger partial charge in [0.15, 0.2) is 0 Å². The summed E-state index contributed by atoms with van der Waals surface area (Å²) in [6.07, 6.45) is 0.894. The number of hydrogen-bond donors (Lipinski definition) is 1. The van der Waals surface area contributed by atoms with Crippen LogP contribution >= 0.6 is 0 Å². The zero-order valence-corrected chi connectivity index (χ0v) is 10.2. The topological polar surface area (TPSA) is 58.5 Å². The Bertz CT molecular complexity index is 431. The molecular weight excluding hydrogens is 218 g/mol. The van der Waals surface area contributed by atoms with Crippen molar-refractivity contribution in [2.24, 2.45) is 0 Å². The van der Waals surface area contributed by atoms with Gasteiger partial charge >= 0.3 is 0 Å². The predicted octanol–water partition coefficient (Wildman–Crippen LogP) is 0.433. The normalized spacial score (nSPS) is 31.2. The van der Waals surface area contributed by atoms with E-state index >= 15 is 0 Å². The van der Waals surface area contributed by atoms with Crippen LogP contribution in [0.15, 0.2) is 6.07 Å². The van der Waals surface area contributed by atoms with Crippen LogP contribution in [0.3, 0.4) is 0 Å². The second-order valence-electron chi connectivity index (χ2n) is 5.05. The van der Waals surface area contributed by atoms with Gasteiger partial charge < -0.3 is 14.7 Å². The first-order valence-corrected chi connectivity index (χ1v) is 5.96. The highest BCUT2D eigenvalue weighted by Gasteiger charge is 2.51. The zero-order chi connectivity index (χ0) is 12.0. The lowest BCUT2D eigenvalue weighted by molar-refractivity contribution is -0.0375. The summed E-state index contributed by atoms with van der Waals surface area (Å²) in [5.74, 6) is 1.75. The molecule has 2 saturated heterocycles. The van der Waals surface area contributed by atoms with Crippen molar-refractivity contribution in [2.45, 2.75) is 31.9 Å². The van der Waals surface area contributed by atoms with Crippen LogP contribution in [0.1, 0.15) is 17.9 Å². The quantitative estimate of drug-likeness (QED) is 0.805. The number of aryl methyl sites for hydroxylation is 2. The Balaban J connectivity index is 1.91. The number of morpholine rings is 1. The molecule has 0 saturated carbocycles. The van der Waals surface area contributed by atoms with Crippen molar-refractivity contribution in [2.75, 3.05) is 24.7 Å². The van der Waals surface area contributed by atoms with Crippen molar-refractivity contribution in [3.8, 4) is 0 Å². The number of aromatic nitrogens is 2. The smallest absolute Gasteiger partial charge is 0.132 e. The third kappa shape index (κ3) is 1.70. The van der Waals surface area contributed by atoms with E-state index in [4.69, 9.17) is 4.74 Å². The first-order chi connectivity index (χ1) is 8.12. The summed E-state index contributed by atoms with van der Waals surface area (Å²) in [4.78, 5) is 11.0. The largest absolute Gasteiger partial charge is 0.393 e. The molecule has 2 atom stereocenters. The molecule has 0 aliphatic carbocycles. The molecule has 0 spiro atoms. The van der Waals surface area contributed by atoms with Crippen LogP contribution in [0.5, 0.6) is 0 Å². The van der Waals surface area contributed by atoms with E-state index in [1.54, 1.807) is 0 Å². The van der Waals surface area contributed by atoms with Crippen molar-refractivity contribution >= 4 is 5.82 Å². The number of fused-ring (bicyclic) bond motifs is 2. The highest BCUT2D eigenvalue weighted by molar-refractivity contribution is 5.45. The van der Waals surface area contributed by atoms with E-state index < -0.39 is 0 Å². The van der Waals surface area contributed by atoms with Gasteiger partial charge in [0.25, 0.3) is 0 Å². The molecule has 0 radical (unpaired) electrons. The van der Waals surface area contributed by atoms with Crippen LogP contribution in [0.25, 0.3) is 0 Å². The van der Waals surface area contributed by atoms with E-state index in [0.29, 0.717) is 12.6 Å². The summed E-state index contributed by atoms with van der Waals surface area (Å²) in [7, 11) is 0. The Morgan fingerprint density at radius 1 is 1.53 bits per heavy atom. The molecule has 0 amide bonds. The maximum atomic E-state index is 9.43. The molecule has 5 nitrogen and oxygen atoms in total. The van der Waals surface area contributed by atoms with Gasteiger partial charge in [0.2, 0.25) is 0 Å². The molecular formula is C12H17N3O2. The molecule has 3 heterocycles. The fourth-order valence-electron chi connectivity index (χ4n) is 2.84. The van der Waals surface area contributed by atoms with Crippen molar-refractivity contribution in [3.63, 3.8) is 0 Å². The Kier molecular flexibility index (Phi) is 2.34.